The van der Waals surface area contributed by atoms with Crippen LogP contribution in [0.3, 0.4) is 0 Å². The summed E-state index contributed by atoms with van der Waals surface area (Å²) in [5, 5.41) is 4.23. The van der Waals surface area contributed by atoms with Gasteiger partial charge in [-0.05, 0) is 42.3 Å². The fourth-order valence-electron chi connectivity index (χ4n) is 3.62. The normalized spacial score (nSPS) is 13.7. The average Bonchev–Trinajstić information content (AvgIpc) is 2.80. The Morgan fingerprint density at radius 1 is 1.19 bits per heavy atom. The highest BCUT2D eigenvalue weighted by Crippen LogP contribution is 2.39. The molecule has 1 atom stereocenters. The second-order valence-corrected chi connectivity index (χ2v) is 7.82. The summed E-state index contributed by atoms with van der Waals surface area (Å²) in [6.07, 6.45) is 1.75. The molecule has 0 spiro atoms. The van der Waals surface area contributed by atoms with Crippen molar-refractivity contribution in [2.75, 3.05) is 30.5 Å². The molecule has 160 valence electrons. The molecule has 2 heterocycles. The Labute approximate surface area is 186 Å². The maximum Gasteiger partial charge on any atom is 0.337 e. The number of hydrogen-bond acceptors (Lipinski definition) is 6. The van der Waals surface area contributed by atoms with E-state index < -0.39 is 0 Å². The van der Waals surface area contributed by atoms with Crippen LogP contribution in [0.5, 0.6) is 5.75 Å². The van der Waals surface area contributed by atoms with E-state index in [-0.39, 0.29) is 12.0 Å². The number of fused-ring (bicyclic) bond motifs is 1. The van der Waals surface area contributed by atoms with Crippen LogP contribution in [0.4, 0.5) is 11.5 Å². The largest absolute Gasteiger partial charge is 0.489 e. The van der Waals surface area contributed by atoms with Gasteiger partial charge in [0.1, 0.15) is 18.0 Å². The molecule has 1 N–H and O–H groups in total. The van der Waals surface area contributed by atoms with Crippen LogP contribution >= 0.6 is 11.6 Å². The molecule has 4 rings (SSSR count). The Bertz CT molecular complexity index is 1050. The summed E-state index contributed by atoms with van der Waals surface area (Å²) < 4.78 is 10.7. The molecule has 1 aliphatic rings. The molecule has 0 fully saturated rings. The molecule has 7 heteroatoms. The van der Waals surface area contributed by atoms with Crippen LogP contribution in [0.25, 0.3) is 0 Å². The van der Waals surface area contributed by atoms with E-state index in [2.05, 4.69) is 22.1 Å². The molecule has 31 heavy (non-hydrogen) atoms. The number of rotatable bonds is 6. The van der Waals surface area contributed by atoms with E-state index in [0.717, 1.165) is 40.9 Å². The molecule has 0 unspecified atom stereocenters. The van der Waals surface area contributed by atoms with Gasteiger partial charge in [0.2, 0.25) is 0 Å². The summed E-state index contributed by atoms with van der Waals surface area (Å²) >= 11 is 6.03. The van der Waals surface area contributed by atoms with Crippen LogP contribution in [0.15, 0.2) is 60.8 Å². The number of halogens is 1. The number of pyridine rings is 1. The molecule has 6 nitrogen and oxygen atoms in total. The van der Waals surface area contributed by atoms with E-state index >= 15 is 0 Å². The van der Waals surface area contributed by atoms with E-state index in [0.29, 0.717) is 12.2 Å². The van der Waals surface area contributed by atoms with Crippen LogP contribution in [0.1, 0.15) is 34.5 Å². The Hall–Kier alpha value is -3.25. The van der Waals surface area contributed by atoms with Crippen molar-refractivity contribution in [1.82, 2.24) is 4.98 Å². The van der Waals surface area contributed by atoms with Gasteiger partial charge in [-0.25, -0.2) is 9.78 Å². The molecule has 0 radical (unpaired) electrons. The molecule has 1 aromatic heterocycles. The number of nitrogens with one attached hydrogen (secondary N) is 1. The SMILES string of the molecule is COC(=O)c1ccc([C@H](C)Nc2nccc3c2N(Cc2ccc(Cl)cc2)CCO3)cc1. The third-order valence-corrected chi connectivity index (χ3v) is 5.55. The van der Waals surface area contributed by atoms with E-state index in [1.165, 1.54) is 12.7 Å². The minimum absolute atomic E-state index is 0.0231. The number of hydrogen-bond donors (Lipinski definition) is 1. The smallest absolute Gasteiger partial charge is 0.337 e. The lowest BCUT2D eigenvalue weighted by Gasteiger charge is -2.33. The number of carbonyl (C=O) groups is 1. The van der Waals surface area contributed by atoms with Crippen molar-refractivity contribution in [3.63, 3.8) is 0 Å². The summed E-state index contributed by atoms with van der Waals surface area (Å²) in [5.74, 6) is 1.22. The number of anilines is 2. The zero-order valence-electron chi connectivity index (χ0n) is 17.5. The summed E-state index contributed by atoms with van der Waals surface area (Å²) in [6.45, 7) is 4.17. The van der Waals surface area contributed by atoms with Gasteiger partial charge in [0, 0.05) is 23.8 Å². The zero-order valence-corrected chi connectivity index (χ0v) is 18.2. The molecular weight excluding hydrogens is 414 g/mol. The molecule has 3 aromatic rings. The molecule has 0 saturated carbocycles. The fourth-order valence-corrected chi connectivity index (χ4v) is 3.75. The molecule has 0 bridgehead atoms. The van der Waals surface area contributed by atoms with Gasteiger partial charge < -0.3 is 19.7 Å². The van der Waals surface area contributed by atoms with Crippen molar-refractivity contribution in [3.05, 3.63) is 82.5 Å². The number of methoxy groups -OCH3 is 1. The third-order valence-electron chi connectivity index (χ3n) is 5.29. The fraction of sp³-hybridized carbons (Fsp3) is 0.250. The summed E-state index contributed by atoms with van der Waals surface area (Å²) in [7, 11) is 1.38. The highest BCUT2D eigenvalue weighted by Gasteiger charge is 2.24. The first kappa shape index (κ1) is 21.0. The number of esters is 1. The van der Waals surface area contributed by atoms with Gasteiger partial charge in [0.25, 0.3) is 0 Å². The van der Waals surface area contributed by atoms with Gasteiger partial charge in [-0.2, -0.15) is 0 Å². The van der Waals surface area contributed by atoms with E-state index in [9.17, 15) is 4.79 Å². The zero-order chi connectivity index (χ0) is 21.8. The topological polar surface area (TPSA) is 63.7 Å². The number of nitrogens with zero attached hydrogens (tertiary/aromatic N) is 2. The van der Waals surface area contributed by atoms with Crippen molar-refractivity contribution in [1.29, 1.82) is 0 Å². The molecule has 1 aliphatic heterocycles. The first-order chi connectivity index (χ1) is 15.0. The Kier molecular flexibility index (Phi) is 6.28. The van der Waals surface area contributed by atoms with E-state index in [1.54, 1.807) is 18.3 Å². The van der Waals surface area contributed by atoms with Crippen LogP contribution < -0.4 is 15.0 Å². The van der Waals surface area contributed by atoms with Crippen molar-refractivity contribution in [2.45, 2.75) is 19.5 Å². The second kappa shape index (κ2) is 9.27. The molecule has 0 saturated heterocycles. The maximum absolute atomic E-state index is 11.7. The predicted octanol–water partition coefficient (Wildman–Crippen LogP) is 5.09. The minimum atomic E-state index is -0.346. The van der Waals surface area contributed by atoms with Crippen molar-refractivity contribution >= 4 is 29.1 Å². The van der Waals surface area contributed by atoms with Gasteiger partial charge in [0.15, 0.2) is 5.82 Å². The van der Waals surface area contributed by atoms with Gasteiger partial charge in [0.05, 0.1) is 25.3 Å². The number of carbonyl (C=O) groups excluding carboxylic acids is 1. The highest BCUT2D eigenvalue weighted by atomic mass is 35.5. The Morgan fingerprint density at radius 2 is 1.94 bits per heavy atom. The predicted molar refractivity (Wildman–Crippen MR) is 122 cm³/mol. The minimum Gasteiger partial charge on any atom is -0.489 e. The first-order valence-electron chi connectivity index (χ1n) is 10.1. The van der Waals surface area contributed by atoms with Gasteiger partial charge in [-0.3, -0.25) is 0 Å². The molecular formula is C24H24ClN3O3. The monoisotopic (exact) mass is 437 g/mol. The van der Waals surface area contributed by atoms with Gasteiger partial charge in [-0.1, -0.05) is 35.9 Å². The number of ether oxygens (including phenoxy) is 2. The first-order valence-corrected chi connectivity index (χ1v) is 10.5. The van der Waals surface area contributed by atoms with Crippen LogP contribution in [0, 0.1) is 0 Å². The average molecular weight is 438 g/mol. The van der Waals surface area contributed by atoms with Crippen molar-refractivity contribution < 1.29 is 14.3 Å². The Morgan fingerprint density at radius 3 is 2.65 bits per heavy atom. The van der Waals surface area contributed by atoms with E-state index in [4.69, 9.17) is 21.1 Å². The van der Waals surface area contributed by atoms with Crippen LogP contribution in [0.2, 0.25) is 5.02 Å². The summed E-state index contributed by atoms with van der Waals surface area (Å²) in [6, 6.07) is 17.1. The highest BCUT2D eigenvalue weighted by molar-refractivity contribution is 6.30. The van der Waals surface area contributed by atoms with Crippen molar-refractivity contribution in [2.24, 2.45) is 0 Å². The third kappa shape index (κ3) is 4.75. The van der Waals surface area contributed by atoms with Gasteiger partial charge in [-0.15, -0.1) is 0 Å². The summed E-state index contributed by atoms with van der Waals surface area (Å²) in [4.78, 5) is 18.5. The molecule has 2 aromatic carbocycles. The lowest BCUT2D eigenvalue weighted by Crippen LogP contribution is -2.33. The molecule has 0 amide bonds. The maximum atomic E-state index is 11.7. The standard InChI is InChI=1S/C24H24ClN3O3/c1-16(18-5-7-19(8-6-18)24(29)30-2)27-23-22-21(11-12-26-23)31-14-13-28(22)15-17-3-9-20(25)10-4-17/h3-12,16H,13-15H2,1-2H3,(H,26,27)/t16-/m0/s1. The number of benzene rings is 2. The van der Waals surface area contributed by atoms with E-state index in [1.807, 2.05) is 42.5 Å². The van der Waals surface area contributed by atoms with Crippen LogP contribution in [-0.4, -0.2) is 31.2 Å². The number of aromatic nitrogens is 1. The summed E-state index contributed by atoms with van der Waals surface area (Å²) in [5.41, 5.74) is 3.67. The Balaban J connectivity index is 1.56. The second-order valence-electron chi connectivity index (χ2n) is 7.38. The molecule has 0 aliphatic carbocycles. The van der Waals surface area contributed by atoms with Crippen LogP contribution in [-0.2, 0) is 11.3 Å². The quantitative estimate of drug-likeness (QED) is 0.542. The van der Waals surface area contributed by atoms with Gasteiger partial charge >= 0.3 is 5.97 Å². The lowest BCUT2D eigenvalue weighted by molar-refractivity contribution is 0.0600. The van der Waals surface area contributed by atoms with Crippen molar-refractivity contribution in [3.8, 4) is 5.75 Å². The lowest BCUT2D eigenvalue weighted by atomic mass is 10.1.